The Labute approximate surface area is 199 Å². The molecule has 8 heteroatoms. The third-order valence-electron chi connectivity index (χ3n) is 6.04. The van der Waals surface area contributed by atoms with E-state index in [0.717, 1.165) is 11.3 Å². The topological polar surface area (TPSA) is 85.7 Å². The van der Waals surface area contributed by atoms with Crippen molar-refractivity contribution in [1.29, 1.82) is 0 Å². The zero-order valence-electron chi connectivity index (χ0n) is 19.6. The van der Waals surface area contributed by atoms with Crippen molar-refractivity contribution in [3.8, 4) is 17.2 Å². The molecule has 34 heavy (non-hydrogen) atoms. The molecule has 178 valence electrons. The maximum atomic E-state index is 13.1. The lowest BCUT2D eigenvalue weighted by molar-refractivity contribution is -0.126. The first-order valence-electron chi connectivity index (χ1n) is 11.5. The Morgan fingerprint density at radius 3 is 2.65 bits per heavy atom. The number of ether oxygens (including phenoxy) is 2. The number of aromatic nitrogens is 2. The number of methoxy groups -OCH3 is 1. The van der Waals surface area contributed by atoms with Crippen LogP contribution < -0.4 is 14.8 Å². The van der Waals surface area contributed by atoms with E-state index in [2.05, 4.69) is 10.3 Å². The molecule has 1 aliphatic heterocycles. The molecule has 3 heterocycles. The van der Waals surface area contributed by atoms with Crippen LogP contribution in [0.1, 0.15) is 35.8 Å². The van der Waals surface area contributed by atoms with Gasteiger partial charge in [0.15, 0.2) is 11.5 Å². The van der Waals surface area contributed by atoms with Crippen molar-refractivity contribution >= 4 is 11.8 Å². The van der Waals surface area contributed by atoms with E-state index in [9.17, 15) is 9.59 Å². The van der Waals surface area contributed by atoms with Crippen LogP contribution in [-0.4, -0.2) is 53.1 Å². The van der Waals surface area contributed by atoms with Gasteiger partial charge in [-0.1, -0.05) is 6.07 Å². The van der Waals surface area contributed by atoms with Gasteiger partial charge in [0, 0.05) is 37.9 Å². The summed E-state index contributed by atoms with van der Waals surface area (Å²) in [6.07, 6.45) is 6.57. The molecule has 0 atom stereocenters. The second kappa shape index (κ2) is 10.9. The molecule has 4 rings (SSSR count). The average Bonchev–Trinajstić information content (AvgIpc) is 3.38. The molecule has 1 aliphatic rings. The van der Waals surface area contributed by atoms with Gasteiger partial charge in [0.05, 0.1) is 25.6 Å². The number of carbonyl (C=O) groups is 2. The van der Waals surface area contributed by atoms with Crippen LogP contribution in [-0.2, 0) is 11.3 Å². The van der Waals surface area contributed by atoms with E-state index in [4.69, 9.17) is 9.47 Å². The molecule has 1 aromatic carbocycles. The summed E-state index contributed by atoms with van der Waals surface area (Å²) < 4.78 is 12.8. The van der Waals surface area contributed by atoms with Crippen LogP contribution in [0.2, 0.25) is 0 Å². The Hall–Kier alpha value is -3.81. The summed E-state index contributed by atoms with van der Waals surface area (Å²) in [7, 11) is 1.60. The van der Waals surface area contributed by atoms with Crippen molar-refractivity contribution in [2.24, 2.45) is 5.92 Å². The van der Waals surface area contributed by atoms with Crippen LogP contribution in [0, 0.1) is 5.92 Å². The zero-order chi connectivity index (χ0) is 23.9. The van der Waals surface area contributed by atoms with E-state index < -0.39 is 0 Å². The normalized spacial score (nSPS) is 14.0. The molecule has 0 radical (unpaired) electrons. The number of pyridine rings is 1. The summed E-state index contributed by atoms with van der Waals surface area (Å²) in [5, 5.41) is 3.02. The first-order valence-corrected chi connectivity index (χ1v) is 11.5. The minimum atomic E-state index is -0.112. The number of nitrogens with zero attached hydrogens (tertiary/aromatic N) is 3. The van der Waals surface area contributed by atoms with Gasteiger partial charge in [0.2, 0.25) is 5.91 Å². The SMILES string of the molecule is CCOc1ccc(CNC(=O)C2CCN(C(=O)c3cccn3-c3cccnc3)CC2)cc1OC. The summed E-state index contributed by atoms with van der Waals surface area (Å²) in [5.74, 6) is 1.20. The summed E-state index contributed by atoms with van der Waals surface area (Å²) in [6.45, 7) is 3.99. The highest BCUT2D eigenvalue weighted by atomic mass is 16.5. The number of carbonyl (C=O) groups excluding carboxylic acids is 2. The molecule has 0 unspecified atom stereocenters. The van der Waals surface area contributed by atoms with Crippen LogP contribution in [0.15, 0.2) is 61.1 Å². The Morgan fingerprint density at radius 2 is 1.94 bits per heavy atom. The molecule has 0 bridgehead atoms. The highest BCUT2D eigenvalue weighted by Gasteiger charge is 2.29. The number of nitrogens with one attached hydrogen (secondary N) is 1. The Kier molecular flexibility index (Phi) is 7.47. The number of amides is 2. The van der Waals surface area contributed by atoms with Crippen molar-refractivity contribution in [1.82, 2.24) is 19.8 Å². The highest BCUT2D eigenvalue weighted by molar-refractivity contribution is 5.93. The van der Waals surface area contributed by atoms with Crippen molar-refractivity contribution in [3.05, 3.63) is 72.3 Å². The van der Waals surface area contributed by atoms with Crippen LogP contribution in [0.3, 0.4) is 0 Å². The van der Waals surface area contributed by atoms with Crippen molar-refractivity contribution in [2.45, 2.75) is 26.3 Å². The lowest BCUT2D eigenvalue weighted by Gasteiger charge is -2.31. The number of piperidine rings is 1. The summed E-state index contributed by atoms with van der Waals surface area (Å²) >= 11 is 0. The fourth-order valence-electron chi connectivity index (χ4n) is 4.21. The van der Waals surface area contributed by atoms with E-state index >= 15 is 0 Å². The Bertz CT molecular complexity index is 1120. The van der Waals surface area contributed by atoms with Crippen molar-refractivity contribution in [2.75, 3.05) is 26.8 Å². The second-order valence-electron chi connectivity index (χ2n) is 8.18. The van der Waals surface area contributed by atoms with Crippen molar-refractivity contribution in [3.63, 3.8) is 0 Å². The smallest absolute Gasteiger partial charge is 0.270 e. The molecule has 1 N–H and O–H groups in total. The molecule has 2 aromatic heterocycles. The monoisotopic (exact) mass is 462 g/mol. The van der Waals surface area contributed by atoms with Crippen LogP contribution in [0.5, 0.6) is 11.5 Å². The van der Waals surface area contributed by atoms with Crippen LogP contribution >= 0.6 is 0 Å². The Morgan fingerprint density at radius 1 is 1.12 bits per heavy atom. The zero-order valence-corrected chi connectivity index (χ0v) is 19.6. The highest BCUT2D eigenvalue weighted by Crippen LogP contribution is 2.28. The third-order valence-corrected chi connectivity index (χ3v) is 6.04. The molecule has 1 fully saturated rings. The number of likely N-dealkylation sites (tertiary alicyclic amines) is 1. The molecule has 1 saturated heterocycles. The predicted octanol–water partition coefficient (Wildman–Crippen LogP) is 3.45. The second-order valence-corrected chi connectivity index (χ2v) is 8.18. The van der Waals surface area contributed by atoms with Gasteiger partial charge in [-0.3, -0.25) is 14.6 Å². The van der Waals surface area contributed by atoms with Gasteiger partial charge >= 0.3 is 0 Å². The number of hydrogen-bond donors (Lipinski definition) is 1. The molecule has 2 amide bonds. The van der Waals surface area contributed by atoms with E-state index in [1.165, 1.54) is 0 Å². The molecule has 0 spiro atoms. The summed E-state index contributed by atoms with van der Waals surface area (Å²) in [6, 6.07) is 13.1. The Balaban J connectivity index is 1.31. The maximum absolute atomic E-state index is 13.1. The lowest BCUT2D eigenvalue weighted by Crippen LogP contribution is -2.43. The standard InChI is InChI=1S/C26H30N4O4/c1-3-34-23-9-8-19(16-24(23)33-2)17-28-25(31)20-10-14-29(15-11-20)26(32)22-7-5-13-30(22)21-6-4-12-27-18-21/h4-9,12-13,16,18,20H,3,10-11,14-15,17H2,1-2H3,(H,28,31). The number of benzene rings is 1. The van der Waals surface area contributed by atoms with E-state index in [1.54, 1.807) is 19.5 Å². The van der Waals surface area contributed by atoms with Gasteiger partial charge in [-0.2, -0.15) is 0 Å². The van der Waals surface area contributed by atoms with Gasteiger partial charge in [0.25, 0.3) is 5.91 Å². The minimum absolute atomic E-state index is 0.0127. The molecule has 0 saturated carbocycles. The van der Waals surface area contributed by atoms with Crippen molar-refractivity contribution < 1.29 is 19.1 Å². The molecular weight excluding hydrogens is 432 g/mol. The molecule has 8 nitrogen and oxygen atoms in total. The third kappa shape index (κ3) is 5.22. The maximum Gasteiger partial charge on any atom is 0.270 e. The first-order chi connectivity index (χ1) is 16.6. The average molecular weight is 463 g/mol. The van der Waals surface area contributed by atoms with Crippen LogP contribution in [0.4, 0.5) is 0 Å². The molecular formula is C26H30N4O4. The first kappa shape index (κ1) is 23.4. The fraction of sp³-hybridized carbons (Fsp3) is 0.346. The summed E-state index contributed by atoms with van der Waals surface area (Å²) in [4.78, 5) is 31.9. The van der Waals surface area contributed by atoms with Gasteiger partial charge in [-0.25, -0.2) is 0 Å². The van der Waals surface area contributed by atoms with Gasteiger partial charge in [-0.15, -0.1) is 0 Å². The largest absolute Gasteiger partial charge is 0.493 e. The van der Waals surface area contributed by atoms with E-state index in [1.807, 2.05) is 65.1 Å². The lowest BCUT2D eigenvalue weighted by atomic mass is 9.95. The van der Waals surface area contributed by atoms with E-state index in [0.29, 0.717) is 56.3 Å². The summed E-state index contributed by atoms with van der Waals surface area (Å²) in [5.41, 5.74) is 2.38. The van der Waals surface area contributed by atoms with Gasteiger partial charge in [0.1, 0.15) is 5.69 Å². The van der Waals surface area contributed by atoms with Crippen LogP contribution in [0.25, 0.3) is 5.69 Å². The molecule has 0 aliphatic carbocycles. The van der Waals surface area contributed by atoms with Gasteiger partial charge in [-0.05, 0) is 61.7 Å². The van der Waals surface area contributed by atoms with Gasteiger partial charge < -0.3 is 24.3 Å². The fourth-order valence-corrected chi connectivity index (χ4v) is 4.21. The quantitative estimate of drug-likeness (QED) is 0.554. The molecule has 3 aromatic rings. The van der Waals surface area contributed by atoms with E-state index in [-0.39, 0.29) is 17.7 Å². The number of rotatable bonds is 8. The minimum Gasteiger partial charge on any atom is -0.493 e. The number of hydrogen-bond acceptors (Lipinski definition) is 5. The predicted molar refractivity (Wildman–Crippen MR) is 128 cm³/mol.